The first-order chi connectivity index (χ1) is 9.01. The van der Waals surface area contributed by atoms with Crippen LogP contribution in [0.25, 0.3) is 0 Å². The van der Waals surface area contributed by atoms with E-state index in [1.54, 1.807) is 20.8 Å². The maximum Gasteiger partial charge on any atom is 0.408 e. The van der Waals surface area contributed by atoms with E-state index in [9.17, 15) is 19.2 Å². The van der Waals surface area contributed by atoms with E-state index in [4.69, 9.17) is 4.74 Å². The molecular weight excluding hydrogens is 264 g/mol. The summed E-state index contributed by atoms with van der Waals surface area (Å²) in [5.41, 5.74) is -0.656. The van der Waals surface area contributed by atoms with Gasteiger partial charge in [-0.3, -0.25) is 14.4 Å². The number of amides is 2. The highest BCUT2D eigenvalue weighted by Gasteiger charge is 2.20. The third kappa shape index (κ3) is 9.07. The first-order valence-corrected chi connectivity index (χ1v) is 6.27. The second-order valence-corrected chi connectivity index (χ2v) is 5.49. The molecule has 2 N–H and O–H groups in total. The van der Waals surface area contributed by atoms with Gasteiger partial charge in [0.15, 0.2) is 5.78 Å². The standard InChI is InChI=1S/C13H22N2O5/c1-8(16)6-10(9(2)17)15-11(18)7-14-12(19)20-13(3,4)5/h10H,6-7H2,1-5H3,(H,14,19)(H,15,18). The van der Waals surface area contributed by atoms with Gasteiger partial charge in [0.2, 0.25) is 5.91 Å². The van der Waals surface area contributed by atoms with E-state index in [1.807, 2.05) is 0 Å². The van der Waals surface area contributed by atoms with Crippen LogP contribution in [0.4, 0.5) is 4.79 Å². The van der Waals surface area contributed by atoms with Crippen molar-refractivity contribution in [3.63, 3.8) is 0 Å². The topological polar surface area (TPSA) is 102 Å². The summed E-state index contributed by atoms with van der Waals surface area (Å²) >= 11 is 0. The number of nitrogens with one attached hydrogen (secondary N) is 2. The number of ether oxygens (including phenoxy) is 1. The van der Waals surface area contributed by atoms with Gasteiger partial charge < -0.3 is 15.4 Å². The molecule has 1 atom stereocenters. The van der Waals surface area contributed by atoms with Gasteiger partial charge in [-0.25, -0.2) is 4.79 Å². The van der Waals surface area contributed by atoms with E-state index in [0.29, 0.717) is 0 Å². The fourth-order valence-electron chi connectivity index (χ4n) is 1.30. The van der Waals surface area contributed by atoms with Crippen molar-refractivity contribution in [2.24, 2.45) is 0 Å². The molecule has 2 amide bonds. The SMILES string of the molecule is CC(=O)CC(NC(=O)CNC(=O)OC(C)(C)C)C(C)=O. The van der Waals surface area contributed by atoms with Gasteiger partial charge in [0.1, 0.15) is 17.9 Å². The fraction of sp³-hybridized carbons (Fsp3) is 0.692. The number of hydrogen-bond acceptors (Lipinski definition) is 5. The average molecular weight is 286 g/mol. The van der Waals surface area contributed by atoms with Crippen LogP contribution in [0.1, 0.15) is 41.0 Å². The van der Waals surface area contributed by atoms with Crippen LogP contribution in [0, 0.1) is 0 Å². The van der Waals surface area contributed by atoms with Crippen LogP contribution >= 0.6 is 0 Å². The van der Waals surface area contributed by atoms with Crippen LogP contribution in [0.5, 0.6) is 0 Å². The van der Waals surface area contributed by atoms with E-state index in [0.717, 1.165) is 0 Å². The molecule has 114 valence electrons. The predicted octanol–water partition coefficient (Wildman–Crippen LogP) is 0.564. The van der Waals surface area contributed by atoms with Crippen molar-refractivity contribution < 1.29 is 23.9 Å². The maximum absolute atomic E-state index is 11.6. The maximum atomic E-state index is 11.6. The van der Waals surface area contributed by atoms with Crippen LogP contribution in [0.3, 0.4) is 0 Å². The van der Waals surface area contributed by atoms with Crippen LogP contribution in [-0.4, -0.2) is 41.8 Å². The summed E-state index contributed by atoms with van der Waals surface area (Å²) in [5, 5.41) is 4.65. The summed E-state index contributed by atoms with van der Waals surface area (Å²) in [7, 11) is 0. The van der Waals surface area contributed by atoms with Crippen molar-refractivity contribution in [3.8, 4) is 0 Å². The highest BCUT2D eigenvalue weighted by atomic mass is 16.6. The predicted molar refractivity (Wildman–Crippen MR) is 72.1 cm³/mol. The third-order valence-electron chi connectivity index (χ3n) is 2.11. The summed E-state index contributed by atoms with van der Waals surface area (Å²) in [4.78, 5) is 45.1. The van der Waals surface area contributed by atoms with Gasteiger partial charge in [0.25, 0.3) is 0 Å². The lowest BCUT2D eigenvalue weighted by atomic mass is 10.1. The Balaban J connectivity index is 4.24. The Labute approximate surface area is 118 Å². The van der Waals surface area contributed by atoms with Crippen molar-refractivity contribution in [2.45, 2.75) is 52.7 Å². The molecule has 0 radical (unpaired) electrons. The summed E-state index contributed by atoms with van der Waals surface area (Å²) in [6.07, 6.45) is -0.786. The van der Waals surface area contributed by atoms with Crippen LogP contribution in [0.15, 0.2) is 0 Å². The van der Waals surface area contributed by atoms with Gasteiger partial charge in [-0.05, 0) is 34.6 Å². The van der Waals surface area contributed by atoms with E-state index < -0.39 is 23.6 Å². The Bertz CT molecular complexity index is 398. The zero-order chi connectivity index (χ0) is 15.9. The van der Waals surface area contributed by atoms with Crippen molar-refractivity contribution >= 4 is 23.6 Å². The summed E-state index contributed by atoms with van der Waals surface area (Å²) < 4.78 is 4.95. The summed E-state index contributed by atoms with van der Waals surface area (Å²) in [5.74, 6) is -1.08. The lowest BCUT2D eigenvalue weighted by Gasteiger charge is -2.20. The van der Waals surface area contributed by atoms with Gasteiger partial charge in [-0.15, -0.1) is 0 Å². The van der Waals surface area contributed by atoms with Crippen LogP contribution in [0.2, 0.25) is 0 Å². The molecule has 0 saturated carbocycles. The number of alkyl carbamates (subject to hydrolysis) is 1. The molecule has 1 unspecified atom stereocenters. The first kappa shape index (κ1) is 18.1. The smallest absolute Gasteiger partial charge is 0.408 e. The lowest BCUT2D eigenvalue weighted by molar-refractivity contribution is -0.128. The molecule has 20 heavy (non-hydrogen) atoms. The van der Waals surface area contributed by atoms with Crippen LogP contribution < -0.4 is 10.6 Å². The molecule has 0 bridgehead atoms. The molecule has 0 aliphatic heterocycles. The Morgan fingerprint density at radius 3 is 2.05 bits per heavy atom. The van der Waals surface area contributed by atoms with E-state index in [1.165, 1.54) is 13.8 Å². The fourth-order valence-corrected chi connectivity index (χ4v) is 1.30. The molecule has 0 aromatic carbocycles. The van der Waals surface area contributed by atoms with Crippen molar-refractivity contribution in [1.82, 2.24) is 10.6 Å². The second kappa shape index (κ2) is 7.62. The van der Waals surface area contributed by atoms with Crippen molar-refractivity contribution in [1.29, 1.82) is 0 Å². The number of carbonyl (C=O) groups excluding carboxylic acids is 4. The largest absolute Gasteiger partial charge is 0.444 e. The van der Waals surface area contributed by atoms with E-state index in [2.05, 4.69) is 10.6 Å². The van der Waals surface area contributed by atoms with E-state index in [-0.39, 0.29) is 24.5 Å². The number of rotatable bonds is 6. The zero-order valence-corrected chi connectivity index (χ0v) is 12.5. The van der Waals surface area contributed by atoms with Crippen LogP contribution in [-0.2, 0) is 19.1 Å². The van der Waals surface area contributed by atoms with Gasteiger partial charge in [-0.2, -0.15) is 0 Å². The number of hydrogen-bond donors (Lipinski definition) is 2. The number of carbonyl (C=O) groups is 4. The Morgan fingerprint density at radius 1 is 1.10 bits per heavy atom. The molecule has 0 aliphatic rings. The quantitative estimate of drug-likeness (QED) is 0.743. The van der Waals surface area contributed by atoms with Gasteiger partial charge in [-0.1, -0.05) is 0 Å². The Hall–Kier alpha value is -1.92. The van der Waals surface area contributed by atoms with Crippen molar-refractivity contribution in [3.05, 3.63) is 0 Å². The highest BCUT2D eigenvalue weighted by molar-refractivity contribution is 5.92. The minimum atomic E-state index is -0.861. The molecule has 0 heterocycles. The first-order valence-electron chi connectivity index (χ1n) is 6.27. The molecule has 0 rings (SSSR count). The van der Waals surface area contributed by atoms with E-state index >= 15 is 0 Å². The number of Topliss-reactive ketones (excluding diaryl/α,β-unsaturated/α-hetero) is 2. The monoisotopic (exact) mass is 286 g/mol. The normalized spacial score (nSPS) is 12.2. The molecule has 0 aromatic rings. The summed E-state index contributed by atoms with van der Waals surface area (Å²) in [6.45, 7) is 7.40. The average Bonchev–Trinajstić information content (AvgIpc) is 2.22. The third-order valence-corrected chi connectivity index (χ3v) is 2.11. The molecule has 0 aliphatic carbocycles. The molecule has 0 aromatic heterocycles. The molecule has 0 spiro atoms. The highest BCUT2D eigenvalue weighted by Crippen LogP contribution is 2.06. The molecule has 0 saturated heterocycles. The van der Waals surface area contributed by atoms with Gasteiger partial charge >= 0.3 is 6.09 Å². The molecular formula is C13H22N2O5. The zero-order valence-electron chi connectivity index (χ0n) is 12.5. The molecule has 0 fully saturated rings. The Kier molecular flexibility index (Phi) is 6.89. The molecule has 7 nitrogen and oxygen atoms in total. The molecule has 7 heteroatoms. The number of ketones is 2. The van der Waals surface area contributed by atoms with Gasteiger partial charge in [0.05, 0.1) is 6.04 Å². The minimum absolute atomic E-state index is 0.0620. The van der Waals surface area contributed by atoms with Crippen molar-refractivity contribution in [2.75, 3.05) is 6.54 Å². The van der Waals surface area contributed by atoms with Gasteiger partial charge in [0, 0.05) is 6.42 Å². The Morgan fingerprint density at radius 2 is 1.65 bits per heavy atom. The summed E-state index contributed by atoms with van der Waals surface area (Å²) in [6, 6.07) is -0.861. The second-order valence-electron chi connectivity index (χ2n) is 5.49. The lowest BCUT2D eigenvalue weighted by Crippen LogP contribution is -2.46. The minimum Gasteiger partial charge on any atom is -0.444 e.